The molecule has 7 heteroatoms. The number of rotatable bonds is 5. The molecule has 0 radical (unpaired) electrons. The average molecular weight is 418 g/mol. The number of aryl methyl sites for hydroxylation is 4. The summed E-state index contributed by atoms with van der Waals surface area (Å²) >= 11 is 5.94. The van der Waals surface area contributed by atoms with Crippen molar-refractivity contribution in [2.75, 3.05) is 4.72 Å². The van der Waals surface area contributed by atoms with Crippen molar-refractivity contribution in [1.29, 1.82) is 0 Å². The van der Waals surface area contributed by atoms with Crippen LogP contribution < -0.4 is 4.72 Å². The standard InChI is InChI=1S/C21H24ClN3O2S/c1-13-10-14(2)21(15(3)11-13)28(26,27)24-20-16(4)23-25(17(20)5)12-18-6-8-19(22)9-7-18/h6-11,24H,12H2,1-5H3. The molecular formula is C21H24ClN3O2S. The van der Waals surface area contributed by atoms with Crippen molar-refractivity contribution in [3.05, 3.63) is 75.1 Å². The number of nitrogens with zero attached hydrogens (tertiary/aromatic N) is 2. The van der Waals surface area contributed by atoms with Crippen molar-refractivity contribution in [2.45, 2.75) is 46.1 Å². The Morgan fingerprint density at radius 2 is 1.57 bits per heavy atom. The normalized spacial score (nSPS) is 11.6. The molecule has 2 aromatic carbocycles. The van der Waals surface area contributed by atoms with Crippen molar-refractivity contribution in [2.24, 2.45) is 0 Å². The summed E-state index contributed by atoms with van der Waals surface area (Å²) in [6.45, 7) is 9.80. The molecule has 1 N–H and O–H groups in total. The van der Waals surface area contributed by atoms with Crippen LogP contribution in [0.25, 0.3) is 0 Å². The van der Waals surface area contributed by atoms with E-state index in [1.165, 1.54) is 0 Å². The van der Waals surface area contributed by atoms with Gasteiger partial charge in [-0.05, 0) is 63.4 Å². The van der Waals surface area contributed by atoms with Gasteiger partial charge >= 0.3 is 0 Å². The maximum atomic E-state index is 13.1. The molecule has 1 heterocycles. The first kappa shape index (κ1) is 20.4. The van der Waals surface area contributed by atoms with Gasteiger partial charge in [-0.15, -0.1) is 0 Å². The van der Waals surface area contributed by atoms with Crippen LogP contribution in [0.4, 0.5) is 5.69 Å². The lowest BCUT2D eigenvalue weighted by Crippen LogP contribution is -2.17. The highest BCUT2D eigenvalue weighted by atomic mass is 35.5. The van der Waals surface area contributed by atoms with Crippen LogP contribution in [0, 0.1) is 34.6 Å². The number of aromatic nitrogens is 2. The van der Waals surface area contributed by atoms with E-state index in [1.807, 2.05) is 64.1 Å². The Morgan fingerprint density at radius 3 is 2.14 bits per heavy atom. The van der Waals surface area contributed by atoms with Crippen LogP contribution in [-0.2, 0) is 16.6 Å². The van der Waals surface area contributed by atoms with Crippen LogP contribution >= 0.6 is 11.6 Å². The predicted molar refractivity (Wildman–Crippen MR) is 114 cm³/mol. The summed E-state index contributed by atoms with van der Waals surface area (Å²) in [6, 6.07) is 11.3. The summed E-state index contributed by atoms with van der Waals surface area (Å²) < 4.78 is 30.8. The molecule has 0 spiro atoms. The van der Waals surface area contributed by atoms with Crippen molar-refractivity contribution >= 4 is 27.3 Å². The van der Waals surface area contributed by atoms with Crippen LogP contribution in [0.1, 0.15) is 33.6 Å². The fraction of sp³-hybridized carbons (Fsp3) is 0.286. The van der Waals surface area contributed by atoms with E-state index in [9.17, 15) is 8.42 Å². The average Bonchev–Trinajstić information content (AvgIpc) is 2.83. The largest absolute Gasteiger partial charge is 0.276 e. The number of halogens is 1. The molecule has 0 aliphatic heterocycles. The van der Waals surface area contributed by atoms with E-state index in [0.29, 0.717) is 27.8 Å². The second kappa shape index (κ2) is 7.60. The van der Waals surface area contributed by atoms with Crippen molar-refractivity contribution in [1.82, 2.24) is 9.78 Å². The first-order valence-electron chi connectivity index (χ1n) is 8.97. The molecule has 0 amide bonds. The Morgan fingerprint density at radius 1 is 1.00 bits per heavy atom. The molecule has 0 saturated heterocycles. The number of hydrogen-bond donors (Lipinski definition) is 1. The van der Waals surface area contributed by atoms with Crippen molar-refractivity contribution < 1.29 is 8.42 Å². The molecule has 0 unspecified atom stereocenters. The predicted octanol–water partition coefficient (Wildman–Crippen LogP) is 4.93. The quantitative estimate of drug-likeness (QED) is 0.640. The highest BCUT2D eigenvalue weighted by Gasteiger charge is 2.23. The SMILES string of the molecule is Cc1cc(C)c(S(=O)(=O)Nc2c(C)nn(Cc3ccc(Cl)cc3)c2C)c(C)c1. The minimum Gasteiger partial charge on any atom is -0.276 e. The summed E-state index contributed by atoms with van der Waals surface area (Å²) in [4.78, 5) is 0.322. The molecular weight excluding hydrogens is 394 g/mol. The zero-order chi connectivity index (χ0) is 20.6. The van der Waals surface area contributed by atoms with Gasteiger partial charge in [-0.3, -0.25) is 9.40 Å². The number of anilines is 1. The Kier molecular flexibility index (Phi) is 5.55. The molecule has 0 saturated carbocycles. The zero-order valence-corrected chi connectivity index (χ0v) is 18.2. The van der Waals surface area contributed by atoms with Gasteiger partial charge in [-0.2, -0.15) is 5.10 Å². The summed E-state index contributed by atoms with van der Waals surface area (Å²) in [5.41, 5.74) is 5.46. The minimum atomic E-state index is -3.72. The Hall–Kier alpha value is -2.31. The summed E-state index contributed by atoms with van der Waals surface area (Å²) in [7, 11) is -3.72. The van der Waals surface area contributed by atoms with E-state index in [2.05, 4.69) is 9.82 Å². The van der Waals surface area contributed by atoms with E-state index in [-0.39, 0.29) is 0 Å². The fourth-order valence-corrected chi connectivity index (χ4v) is 5.30. The molecule has 5 nitrogen and oxygen atoms in total. The van der Waals surface area contributed by atoms with Gasteiger partial charge in [0.05, 0.1) is 28.5 Å². The lowest BCUT2D eigenvalue weighted by molar-refractivity contribution is 0.600. The summed E-state index contributed by atoms with van der Waals surface area (Å²) in [5.74, 6) is 0. The number of hydrogen-bond acceptors (Lipinski definition) is 3. The van der Waals surface area contributed by atoms with Crippen LogP contribution in [0.5, 0.6) is 0 Å². The molecule has 0 atom stereocenters. The molecule has 1 aromatic heterocycles. The highest BCUT2D eigenvalue weighted by Crippen LogP contribution is 2.28. The lowest BCUT2D eigenvalue weighted by atomic mass is 10.1. The molecule has 0 aliphatic rings. The van der Waals surface area contributed by atoms with Gasteiger partial charge in [0.1, 0.15) is 0 Å². The second-order valence-corrected chi connectivity index (χ2v) is 9.22. The molecule has 148 valence electrons. The lowest BCUT2D eigenvalue weighted by Gasteiger charge is -2.14. The van der Waals surface area contributed by atoms with Crippen LogP contribution in [0.3, 0.4) is 0 Å². The van der Waals surface area contributed by atoms with Gasteiger partial charge in [-0.1, -0.05) is 41.4 Å². The topological polar surface area (TPSA) is 64.0 Å². The molecule has 0 bridgehead atoms. The minimum absolute atomic E-state index is 0.322. The Balaban J connectivity index is 1.95. The highest BCUT2D eigenvalue weighted by molar-refractivity contribution is 7.92. The Bertz CT molecular complexity index is 1110. The third kappa shape index (κ3) is 4.08. The van der Waals surface area contributed by atoms with Crippen LogP contribution in [0.2, 0.25) is 5.02 Å². The van der Waals surface area contributed by atoms with E-state index in [1.54, 1.807) is 11.6 Å². The fourth-order valence-electron chi connectivity index (χ4n) is 3.54. The second-order valence-electron chi connectivity index (χ2n) is 7.16. The van der Waals surface area contributed by atoms with Gasteiger partial charge in [0.15, 0.2) is 0 Å². The van der Waals surface area contributed by atoms with Crippen LogP contribution in [0.15, 0.2) is 41.3 Å². The van der Waals surface area contributed by atoms with Gasteiger partial charge in [0.2, 0.25) is 0 Å². The monoisotopic (exact) mass is 417 g/mol. The molecule has 0 fully saturated rings. The third-order valence-electron chi connectivity index (χ3n) is 4.74. The van der Waals surface area contributed by atoms with Crippen molar-refractivity contribution in [3.8, 4) is 0 Å². The summed E-state index contributed by atoms with van der Waals surface area (Å²) in [6.07, 6.45) is 0. The molecule has 3 aromatic rings. The molecule has 0 aliphatic carbocycles. The van der Waals surface area contributed by atoms with E-state index in [0.717, 1.165) is 27.9 Å². The van der Waals surface area contributed by atoms with Crippen molar-refractivity contribution in [3.63, 3.8) is 0 Å². The maximum absolute atomic E-state index is 13.1. The van der Waals surface area contributed by atoms with Gasteiger partial charge < -0.3 is 0 Å². The maximum Gasteiger partial charge on any atom is 0.262 e. The van der Waals surface area contributed by atoms with E-state index < -0.39 is 10.0 Å². The smallest absolute Gasteiger partial charge is 0.262 e. The van der Waals surface area contributed by atoms with Gasteiger partial charge in [0.25, 0.3) is 10.0 Å². The number of sulfonamides is 1. The first-order valence-corrected chi connectivity index (χ1v) is 10.8. The molecule has 28 heavy (non-hydrogen) atoms. The first-order chi connectivity index (χ1) is 13.1. The Labute approximate surface area is 171 Å². The van der Waals surface area contributed by atoms with Gasteiger partial charge in [0, 0.05) is 5.02 Å². The summed E-state index contributed by atoms with van der Waals surface area (Å²) in [5, 5.41) is 5.20. The van der Waals surface area contributed by atoms with Crippen LogP contribution in [-0.4, -0.2) is 18.2 Å². The van der Waals surface area contributed by atoms with E-state index >= 15 is 0 Å². The number of benzene rings is 2. The third-order valence-corrected chi connectivity index (χ3v) is 6.64. The zero-order valence-electron chi connectivity index (χ0n) is 16.7. The van der Waals surface area contributed by atoms with Gasteiger partial charge in [-0.25, -0.2) is 8.42 Å². The molecule has 3 rings (SSSR count). The van der Waals surface area contributed by atoms with E-state index in [4.69, 9.17) is 11.6 Å². The number of nitrogens with one attached hydrogen (secondary N) is 1.